The predicted octanol–water partition coefficient (Wildman–Crippen LogP) is 20.0. The number of hydrogen-bond acceptors (Lipinski definition) is 6. The van der Waals surface area contributed by atoms with Crippen LogP contribution in [0.1, 0.15) is 343 Å². The van der Waals surface area contributed by atoms with Crippen LogP contribution in [0.5, 0.6) is 0 Å². The molecular formula is C61H118O6. The van der Waals surface area contributed by atoms with E-state index in [1.807, 2.05) is 0 Å². The average Bonchev–Trinajstić information content (AvgIpc) is 3.31. The van der Waals surface area contributed by atoms with Crippen molar-refractivity contribution < 1.29 is 28.6 Å². The first-order valence-corrected chi connectivity index (χ1v) is 30.3. The summed E-state index contributed by atoms with van der Waals surface area (Å²) in [6.07, 6.45) is 58.0. The molecule has 398 valence electrons. The first kappa shape index (κ1) is 65.4. The fraction of sp³-hybridized carbons (Fsp3) is 0.951. The molecule has 0 rings (SSSR count). The molecule has 0 spiro atoms. The molecule has 0 saturated heterocycles. The molecule has 0 bridgehead atoms. The Kier molecular flexibility index (Phi) is 52.5. The fourth-order valence-corrected chi connectivity index (χ4v) is 9.37. The van der Waals surface area contributed by atoms with E-state index >= 15 is 0 Å². The smallest absolute Gasteiger partial charge is 0.306 e. The van der Waals surface area contributed by atoms with Gasteiger partial charge in [0.15, 0.2) is 6.10 Å². The van der Waals surface area contributed by atoms with Crippen molar-refractivity contribution in [3.05, 3.63) is 0 Å². The summed E-state index contributed by atoms with van der Waals surface area (Å²) in [6.45, 7) is 11.5. The largest absolute Gasteiger partial charge is 0.462 e. The third-order valence-corrected chi connectivity index (χ3v) is 14.3. The number of rotatable bonds is 55. The second-order valence-corrected chi connectivity index (χ2v) is 21.7. The van der Waals surface area contributed by atoms with Crippen molar-refractivity contribution in [1.29, 1.82) is 0 Å². The molecule has 0 amide bonds. The zero-order valence-corrected chi connectivity index (χ0v) is 46.0. The van der Waals surface area contributed by atoms with Gasteiger partial charge in [-0.15, -0.1) is 0 Å². The van der Waals surface area contributed by atoms with Crippen LogP contribution < -0.4 is 0 Å². The summed E-state index contributed by atoms with van der Waals surface area (Å²) in [6, 6.07) is 0. The van der Waals surface area contributed by atoms with Crippen molar-refractivity contribution in [3.63, 3.8) is 0 Å². The lowest BCUT2D eigenvalue weighted by Gasteiger charge is -2.18. The molecule has 0 aromatic rings. The normalized spacial score (nSPS) is 12.4. The van der Waals surface area contributed by atoms with Gasteiger partial charge in [0.05, 0.1) is 0 Å². The Hall–Kier alpha value is -1.59. The quantitative estimate of drug-likeness (QED) is 0.0343. The van der Waals surface area contributed by atoms with Crippen LogP contribution in [0.25, 0.3) is 0 Å². The SMILES string of the molecule is CCCCCCCCCCCCCCCC(=O)OC[C@@H](COC(=O)CCCCCCCCCCCCCCCCCC(C)C)OC(=O)CCCCCCCCCCCCCCCCC(C)CC. The Morgan fingerprint density at radius 2 is 0.567 bits per heavy atom. The van der Waals surface area contributed by atoms with Crippen molar-refractivity contribution in [2.75, 3.05) is 13.2 Å². The molecule has 0 fully saturated rings. The minimum atomic E-state index is -0.763. The summed E-state index contributed by atoms with van der Waals surface area (Å²) in [7, 11) is 0. The molecule has 0 aliphatic heterocycles. The van der Waals surface area contributed by atoms with Crippen LogP contribution in [0.15, 0.2) is 0 Å². The fourth-order valence-electron chi connectivity index (χ4n) is 9.37. The van der Waals surface area contributed by atoms with E-state index in [-0.39, 0.29) is 31.1 Å². The summed E-state index contributed by atoms with van der Waals surface area (Å²) < 4.78 is 16.9. The summed E-state index contributed by atoms with van der Waals surface area (Å²) in [4.78, 5) is 38.2. The van der Waals surface area contributed by atoms with Gasteiger partial charge in [-0.2, -0.15) is 0 Å². The Labute approximate surface area is 418 Å². The van der Waals surface area contributed by atoms with E-state index in [0.29, 0.717) is 19.3 Å². The van der Waals surface area contributed by atoms with Gasteiger partial charge >= 0.3 is 17.9 Å². The van der Waals surface area contributed by atoms with Gasteiger partial charge in [-0.05, 0) is 31.1 Å². The Morgan fingerprint density at radius 3 is 0.851 bits per heavy atom. The van der Waals surface area contributed by atoms with Crippen LogP contribution >= 0.6 is 0 Å². The second kappa shape index (κ2) is 53.8. The van der Waals surface area contributed by atoms with E-state index in [1.165, 1.54) is 231 Å². The van der Waals surface area contributed by atoms with Gasteiger partial charge in [0, 0.05) is 19.3 Å². The summed E-state index contributed by atoms with van der Waals surface area (Å²) in [5.74, 6) is 0.908. The minimum Gasteiger partial charge on any atom is -0.462 e. The number of carbonyl (C=O) groups is 3. The van der Waals surface area contributed by atoms with Gasteiger partial charge in [-0.3, -0.25) is 14.4 Å². The highest BCUT2D eigenvalue weighted by Gasteiger charge is 2.19. The second-order valence-electron chi connectivity index (χ2n) is 21.7. The highest BCUT2D eigenvalue weighted by Crippen LogP contribution is 2.19. The molecule has 0 radical (unpaired) electrons. The van der Waals surface area contributed by atoms with Crippen LogP contribution in [-0.4, -0.2) is 37.2 Å². The Morgan fingerprint density at radius 1 is 0.313 bits per heavy atom. The maximum atomic E-state index is 12.9. The molecule has 0 aliphatic rings. The molecule has 0 N–H and O–H groups in total. The number of hydrogen-bond donors (Lipinski definition) is 0. The first-order chi connectivity index (χ1) is 32.8. The molecule has 2 atom stereocenters. The maximum absolute atomic E-state index is 12.9. The van der Waals surface area contributed by atoms with Gasteiger partial charge in [0.1, 0.15) is 13.2 Å². The lowest BCUT2D eigenvalue weighted by molar-refractivity contribution is -0.167. The highest BCUT2D eigenvalue weighted by atomic mass is 16.6. The standard InChI is InChI=1S/C61H118O6/c1-6-8-9-10-11-12-13-19-26-31-36-41-46-51-59(62)65-54-58(67-61(64)53-48-43-38-33-28-23-18-17-21-25-30-35-40-45-50-57(5)7-2)55-66-60(63)52-47-42-37-32-27-22-16-14-15-20-24-29-34-39-44-49-56(3)4/h56-58H,6-55H2,1-5H3/t57?,58-/m0/s1. The number of unbranched alkanes of at least 4 members (excludes halogenated alkanes) is 39. The summed E-state index contributed by atoms with van der Waals surface area (Å²) in [5, 5.41) is 0. The topological polar surface area (TPSA) is 78.9 Å². The monoisotopic (exact) mass is 947 g/mol. The van der Waals surface area contributed by atoms with Crippen molar-refractivity contribution in [2.45, 2.75) is 349 Å². The zero-order valence-electron chi connectivity index (χ0n) is 46.0. The van der Waals surface area contributed by atoms with Crippen molar-refractivity contribution >= 4 is 17.9 Å². The van der Waals surface area contributed by atoms with E-state index in [9.17, 15) is 14.4 Å². The lowest BCUT2D eigenvalue weighted by Crippen LogP contribution is -2.30. The molecule has 67 heavy (non-hydrogen) atoms. The van der Waals surface area contributed by atoms with E-state index in [1.54, 1.807) is 0 Å². The minimum absolute atomic E-state index is 0.0622. The van der Waals surface area contributed by atoms with Crippen LogP contribution in [0.2, 0.25) is 0 Å². The molecular weight excluding hydrogens is 829 g/mol. The van der Waals surface area contributed by atoms with Crippen LogP contribution in [-0.2, 0) is 28.6 Å². The molecule has 6 nitrogen and oxygen atoms in total. The van der Waals surface area contributed by atoms with Gasteiger partial charge < -0.3 is 14.2 Å². The van der Waals surface area contributed by atoms with Gasteiger partial charge in [-0.25, -0.2) is 0 Å². The molecule has 0 aliphatic carbocycles. The number of esters is 3. The maximum Gasteiger partial charge on any atom is 0.306 e. The van der Waals surface area contributed by atoms with Gasteiger partial charge in [0.2, 0.25) is 0 Å². The number of carbonyl (C=O) groups excluding carboxylic acids is 3. The van der Waals surface area contributed by atoms with E-state index in [4.69, 9.17) is 14.2 Å². The van der Waals surface area contributed by atoms with Gasteiger partial charge in [-0.1, -0.05) is 304 Å². The summed E-state index contributed by atoms with van der Waals surface area (Å²) >= 11 is 0. The van der Waals surface area contributed by atoms with Crippen molar-refractivity contribution in [1.82, 2.24) is 0 Å². The molecule has 1 unspecified atom stereocenters. The molecule has 0 aromatic heterocycles. The lowest BCUT2D eigenvalue weighted by atomic mass is 9.99. The third-order valence-electron chi connectivity index (χ3n) is 14.3. The zero-order chi connectivity index (χ0) is 48.9. The summed E-state index contributed by atoms with van der Waals surface area (Å²) in [5.41, 5.74) is 0. The van der Waals surface area contributed by atoms with Crippen molar-refractivity contribution in [2.24, 2.45) is 11.8 Å². The third kappa shape index (κ3) is 53.6. The predicted molar refractivity (Wildman–Crippen MR) is 289 cm³/mol. The molecule has 0 heterocycles. The van der Waals surface area contributed by atoms with Crippen LogP contribution in [0.3, 0.4) is 0 Å². The molecule has 6 heteroatoms. The van der Waals surface area contributed by atoms with E-state index in [2.05, 4.69) is 34.6 Å². The molecule has 0 aromatic carbocycles. The highest BCUT2D eigenvalue weighted by molar-refractivity contribution is 5.71. The van der Waals surface area contributed by atoms with Crippen LogP contribution in [0.4, 0.5) is 0 Å². The Bertz CT molecular complexity index is 1030. The number of ether oxygens (including phenoxy) is 3. The average molecular weight is 948 g/mol. The first-order valence-electron chi connectivity index (χ1n) is 30.3. The Balaban J connectivity index is 4.28. The van der Waals surface area contributed by atoms with Crippen molar-refractivity contribution in [3.8, 4) is 0 Å². The van der Waals surface area contributed by atoms with Gasteiger partial charge in [0.25, 0.3) is 0 Å². The van der Waals surface area contributed by atoms with Crippen LogP contribution in [0, 0.1) is 11.8 Å². The molecule has 0 saturated carbocycles. The van der Waals surface area contributed by atoms with E-state index in [0.717, 1.165) is 69.6 Å². The van der Waals surface area contributed by atoms with E-state index < -0.39 is 6.10 Å².